The van der Waals surface area contributed by atoms with Crippen LogP contribution in [0.5, 0.6) is 11.5 Å². The highest BCUT2D eigenvalue weighted by molar-refractivity contribution is 6.24. The van der Waals surface area contributed by atoms with E-state index in [9.17, 15) is 4.79 Å². The van der Waals surface area contributed by atoms with Crippen molar-refractivity contribution in [3.63, 3.8) is 0 Å². The van der Waals surface area contributed by atoms with Gasteiger partial charge >= 0.3 is 0 Å². The monoisotopic (exact) mass is 404 g/mol. The van der Waals surface area contributed by atoms with Crippen LogP contribution in [0.4, 0.5) is 0 Å². The third-order valence-electron chi connectivity index (χ3n) is 6.15. The summed E-state index contributed by atoms with van der Waals surface area (Å²) in [6, 6.07) is 4.42. The van der Waals surface area contributed by atoms with Crippen molar-refractivity contribution in [2.75, 3.05) is 27.8 Å². The van der Waals surface area contributed by atoms with Gasteiger partial charge in [0.05, 0.1) is 25.8 Å². The molecule has 5 nitrogen and oxygen atoms in total. The van der Waals surface area contributed by atoms with Gasteiger partial charge in [0.15, 0.2) is 17.3 Å². The molecule has 0 saturated heterocycles. The van der Waals surface area contributed by atoms with Gasteiger partial charge in [0.25, 0.3) is 0 Å². The second-order valence-electron chi connectivity index (χ2n) is 8.50. The Balaban J connectivity index is 0.00000225. The van der Waals surface area contributed by atoms with Crippen molar-refractivity contribution in [2.24, 2.45) is 10.4 Å². The van der Waals surface area contributed by atoms with E-state index in [2.05, 4.69) is 35.9 Å². The molecule has 1 atom stereocenters. The number of hydrogen-bond donors (Lipinski definition) is 0. The number of Topliss-reactive ketones (excluding diaryl/α,β-unsaturated/α-hetero) is 1. The fraction of sp³-hybridized carbons (Fsp3) is 0.545. The van der Waals surface area contributed by atoms with E-state index in [0.29, 0.717) is 6.42 Å². The number of rotatable bonds is 2. The Morgan fingerprint density at radius 1 is 1.14 bits per heavy atom. The number of benzene rings is 1. The molecule has 0 fully saturated rings. The molecule has 1 aromatic rings. The Hall–Kier alpha value is -2.01. The zero-order chi connectivity index (χ0) is 19.3. The van der Waals surface area contributed by atoms with Crippen LogP contribution in [-0.4, -0.2) is 44.2 Å². The Bertz CT molecular complexity index is 873. The molecule has 2 heterocycles. The highest BCUT2D eigenvalue weighted by Crippen LogP contribution is 2.49. The Morgan fingerprint density at radius 3 is 2.46 bits per heavy atom. The number of nitrogens with zero attached hydrogens (tertiary/aromatic N) is 2. The third-order valence-corrected chi connectivity index (χ3v) is 6.15. The van der Waals surface area contributed by atoms with Crippen LogP contribution in [0.15, 0.2) is 28.4 Å². The summed E-state index contributed by atoms with van der Waals surface area (Å²) in [6.07, 6.45) is 3.23. The predicted octanol–water partition coefficient (Wildman–Crippen LogP) is 4.14. The molecular weight excluding hydrogens is 376 g/mol. The molecule has 0 amide bonds. The van der Waals surface area contributed by atoms with E-state index < -0.39 is 0 Å². The molecule has 152 valence electrons. The van der Waals surface area contributed by atoms with E-state index >= 15 is 0 Å². The average Bonchev–Trinajstić information content (AvgIpc) is 2.64. The Kier molecular flexibility index (Phi) is 5.50. The fourth-order valence-corrected chi connectivity index (χ4v) is 4.92. The second kappa shape index (κ2) is 7.43. The summed E-state index contributed by atoms with van der Waals surface area (Å²) in [5.41, 5.74) is 5.59. The summed E-state index contributed by atoms with van der Waals surface area (Å²) in [4.78, 5) is 19.9. The number of fused-ring (bicyclic) bond motifs is 4. The van der Waals surface area contributed by atoms with Gasteiger partial charge in [-0.15, -0.1) is 12.4 Å². The minimum Gasteiger partial charge on any atom is -0.493 e. The van der Waals surface area contributed by atoms with Gasteiger partial charge in [0.1, 0.15) is 0 Å². The normalized spacial score (nSPS) is 24.2. The summed E-state index contributed by atoms with van der Waals surface area (Å²) in [5.74, 6) is 1.78. The standard InChI is InChI=1S/C22H28N2O3.ClH/c1-22(2)11-17-21(18(25)12-22)15(23-3)10-16-14-9-20(27-5)19(26-4)8-13(14)6-7-24(16)17;/h8-9,16H,6-7,10-12H2,1-5H3;1H. The van der Waals surface area contributed by atoms with Crippen molar-refractivity contribution in [1.29, 1.82) is 0 Å². The van der Waals surface area contributed by atoms with Gasteiger partial charge in [-0.1, -0.05) is 13.8 Å². The number of ketones is 1. The first kappa shape index (κ1) is 20.7. The molecule has 2 aliphatic heterocycles. The summed E-state index contributed by atoms with van der Waals surface area (Å²) in [6.45, 7) is 5.30. The van der Waals surface area contributed by atoms with Crippen LogP contribution in [0.2, 0.25) is 0 Å². The topological polar surface area (TPSA) is 51.1 Å². The van der Waals surface area contributed by atoms with Crippen molar-refractivity contribution < 1.29 is 14.3 Å². The maximum atomic E-state index is 12.9. The van der Waals surface area contributed by atoms with E-state index in [0.717, 1.165) is 48.6 Å². The first-order valence-corrected chi connectivity index (χ1v) is 9.62. The number of halogens is 1. The third kappa shape index (κ3) is 3.20. The predicted molar refractivity (Wildman–Crippen MR) is 113 cm³/mol. The zero-order valence-electron chi connectivity index (χ0n) is 17.3. The number of carbonyl (C=O) groups excluding carboxylic acids is 1. The van der Waals surface area contributed by atoms with Crippen molar-refractivity contribution in [3.8, 4) is 11.5 Å². The van der Waals surface area contributed by atoms with Crippen LogP contribution in [0.1, 0.15) is 50.3 Å². The summed E-state index contributed by atoms with van der Waals surface area (Å²) in [5, 5.41) is 0. The second-order valence-corrected chi connectivity index (χ2v) is 8.50. The van der Waals surface area contributed by atoms with Crippen LogP contribution >= 0.6 is 12.4 Å². The number of allylic oxidation sites excluding steroid dienone is 2. The summed E-state index contributed by atoms with van der Waals surface area (Å²) >= 11 is 0. The maximum Gasteiger partial charge on any atom is 0.166 e. The number of ether oxygens (including phenoxy) is 2. The molecule has 0 radical (unpaired) electrons. The van der Waals surface area contributed by atoms with Crippen LogP contribution in [0, 0.1) is 5.41 Å². The average molecular weight is 405 g/mol. The van der Waals surface area contributed by atoms with E-state index in [1.54, 1.807) is 21.3 Å². The minimum absolute atomic E-state index is 0. The number of carbonyl (C=O) groups is 1. The molecule has 4 rings (SSSR count). The molecule has 1 unspecified atom stereocenters. The van der Waals surface area contributed by atoms with Crippen molar-refractivity contribution >= 4 is 23.9 Å². The quantitative estimate of drug-likeness (QED) is 0.743. The van der Waals surface area contributed by atoms with Gasteiger partial charge < -0.3 is 14.4 Å². The molecule has 6 heteroatoms. The van der Waals surface area contributed by atoms with Gasteiger partial charge in [-0.05, 0) is 41.5 Å². The maximum absolute atomic E-state index is 12.9. The highest BCUT2D eigenvalue weighted by Gasteiger charge is 2.44. The summed E-state index contributed by atoms with van der Waals surface area (Å²) in [7, 11) is 5.16. The van der Waals surface area contributed by atoms with Crippen LogP contribution in [-0.2, 0) is 11.2 Å². The molecule has 3 aliphatic rings. The molecule has 0 spiro atoms. The van der Waals surface area contributed by atoms with Crippen molar-refractivity contribution in [2.45, 2.75) is 45.6 Å². The largest absolute Gasteiger partial charge is 0.493 e. The van der Waals surface area contributed by atoms with E-state index in [1.165, 1.54) is 16.8 Å². The lowest BCUT2D eigenvalue weighted by molar-refractivity contribution is -0.118. The first-order chi connectivity index (χ1) is 12.9. The van der Waals surface area contributed by atoms with Crippen LogP contribution in [0.3, 0.4) is 0 Å². The molecule has 1 aliphatic carbocycles. The molecule has 0 saturated carbocycles. The number of hydrogen-bond acceptors (Lipinski definition) is 5. The molecule has 0 aromatic heterocycles. The van der Waals surface area contributed by atoms with Crippen LogP contribution in [0.25, 0.3) is 0 Å². The zero-order valence-corrected chi connectivity index (χ0v) is 18.1. The van der Waals surface area contributed by atoms with Crippen molar-refractivity contribution in [3.05, 3.63) is 34.5 Å². The lowest BCUT2D eigenvalue weighted by atomic mass is 9.71. The number of aliphatic imine (C=N–C) groups is 1. The highest BCUT2D eigenvalue weighted by atomic mass is 35.5. The molecule has 0 N–H and O–H groups in total. The molecule has 28 heavy (non-hydrogen) atoms. The Morgan fingerprint density at radius 2 is 1.82 bits per heavy atom. The molecule has 0 bridgehead atoms. The SMILES string of the molecule is CN=C1CC2c3cc(OC)c(OC)cc3CCN2C2=C1C(=O)CC(C)(C)C2.Cl. The minimum atomic E-state index is -0.00542. The van der Waals surface area contributed by atoms with E-state index in [4.69, 9.17) is 9.47 Å². The van der Waals surface area contributed by atoms with Gasteiger partial charge in [0, 0.05) is 37.8 Å². The lowest BCUT2D eigenvalue weighted by Crippen LogP contribution is -2.45. The van der Waals surface area contributed by atoms with Crippen LogP contribution < -0.4 is 9.47 Å². The first-order valence-electron chi connectivity index (χ1n) is 9.62. The van der Waals surface area contributed by atoms with Gasteiger partial charge in [-0.25, -0.2) is 0 Å². The van der Waals surface area contributed by atoms with Gasteiger partial charge in [-0.2, -0.15) is 0 Å². The van der Waals surface area contributed by atoms with E-state index in [1.807, 2.05) is 0 Å². The fourth-order valence-electron chi connectivity index (χ4n) is 4.92. The molecular formula is C22H29ClN2O3. The Labute approximate surface area is 173 Å². The molecule has 1 aromatic carbocycles. The lowest BCUT2D eigenvalue weighted by Gasteiger charge is -2.48. The smallest absolute Gasteiger partial charge is 0.166 e. The number of methoxy groups -OCH3 is 2. The van der Waals surface area contributed by atoms with Gasteiger partial charge in [-0.3, -0.25) is 9.79 Å². The van der Waals surface area contributed by atoms with Crippen molar-refractivity contribution in [1.82, 2.24) is 4.90 Å². The van der Waals surface area contributed by atoms with E-state index in [-0.39, 0.29) is 29.6 Å². The van der Waals surface area contributed by atoms with Gasteiger partial charge in [0.2, 0.25) is 0 Å². The summed E-state index contributed by atoms with van der Waals surface area (Å²) < 4.78 is 11.0.